The van der Waals surface area contributed by atoms with Crippen LogP contribution < -0.4 is 11.1 Å². The van der Waals surface area contributed by atoms with E-state index in [1.165, 1.54) is 5.56 Å². The Labute approximate surface area is 110 Å². The molecule has 1 aromatic rings. The zero-order valence-corrected chi connectivity index (χ0v) is 11.6. The molecule has 0 aromatic heterocycles. The molecule has 0 spiro atoms. The number of carbonyl (C=O) groups excluding carboxylic acids is 1. The van der Waals surface area contributed by atoms with E-state index in [0.29, 0.717) is 6.54 Å². The highest BCUT2D eigenvalue weighted by Gasteiger charge is 2.17. The lowest BCUT2D eigenvalue weighted by atomic mass is 10.00. The summed E-state index contributed by atoms with van der Waals surface area (Å²) in [6.45, 7) is 6.71. The van der Waals surface area contributed by atoms with Crippen molar-refractivity contribution < 1.29 is 4.79 Å². The molecule has 3 N–H and O–H groups in total. The number of rotatable bonds is 6. The third-order valence-corrected chi connectivity index (χ3v) is 3.37. The van der Waals surface area contributed by atoms with Crippen molar-refractivity contribution in [2.24, 2.45) is 11.7 Å². The molecule has 1 atom stereocenters. The summed E-state index contributed by atoms with van der Waals surface area (Å²) in [6.07, 6.45) is 2.50. The van der Waals surface area contributed by atoms with Crippen LogP contribution in [0.3, 0.4) is 0 Å². The topological polar surface area (TPSA) is 55.1 Å². The van der Waals surface area contributed by atoms with Gasteiger partial charge in [0.1, 0.15) is 0 Å². The molecule has 3 heteroatoms. The quantitative estimate of drug-likeness (QED) is 0.813. The third kappa shape index (κ3) is 3.57. The molecule has 0 saturated heterocycles. The van der Waals surface area contributed by atoms with Gasteiger partial charge in [-0.3, -0.25) is 4.79 Å². The highest BCUT2D eigenvalue weighted by molar-refractivity contribution is 5.94. The number of carbonyl (C=O) groups is 1. The van der Waals surface area contributed by atoms with E-state index in [2.05, 4.69) is 18.3 Å². The van der Waals surface area contributed by atoms with Gasteiger partial charge in [0.15, 0.2) is 0 Å². The van der Waals surface area contributed by atoms with Gasteiger partial charge in [-0.1, -0.05) is 32.0 Å². The number of nitrogens with two attached hydrogens (primary N) is 1. The van der Waals surface area contributed by atoms with Gasteiger partial charge in [-0.05, 0) is 43.9 Å². The molecule has 0 heterocycles. The maximum absolute atomic E-state index is 12.2. The van der Waals surface area contributed by atoms with E-state index in [1.807, 2.05) is 26.0 Å². The van der Waals surface area contributed by atoms with E-state index in [-0.39, 0.29) is 11.8 Å². The van der Waals surface area contributed by atoms with Gasteiger partial charge < -0.3 is 11.1 Å². The predicted molar refractivity (Wildman–Crippen MR) is 76.6 cm³/mol. The minimum atomic E-state index is 0.0133. The van der Waals surface area contributed by atoms with Gasteiger partial charge in [0, 0.05) is 11.6 Å². The van der Waals surface area contributed by atoms with Crippen molar-refractivity contribution in [1.82, 2.24) is 0 Å². The van der Waals surface area contributed by atoms with Crippen molar-refractivity contribution >= 4 is 11.6 Å². The molecule has 0 aliphatic heterocycles. The molecule has 1 aromatic carbocycles. The lowest BCUT2D eigenvalue weighted by Crippen LogP contribution is -2.25. The standard InChI is InChI=1S/C15H24N2O/c1-4-12-8-6-7-11(3)14(12)17-15(18)13(5-2)9-10-16/h6-8,13H,4-5,9-10,16H2,1-3H3,(H,17,18). The van der Waals surface area contributed by atoms with Crippen LogP contribution in [0.4, 0.5) is 5.69 Å². The number of hydrogen-bond donors (Lipinski definition) is 2. The molecule has 1 amide bonds. The molecule has 100 valence electrons. The average Bonchev–Trinajstić information content (AvgIpc) is 2.38. The predicted octanol–water partition coefficient (Wildman–Crippen LogP) is 2.87. The molecule has 3 nitrogen and oxygen atoms in total. The monoisotopic (exact) mass is 248 g/mol. The Hall–Kier alpha value is -1.35. The van der Waals surface area contributed by atoms with Gasteiger partial charge in [-0.25, -0.2) is 0 Å². The van der Waals surface area contributed by atoms with Crippen molar-refractivity contribution in [3.05, 3.63) is 29.3 Å². The van der Waals surface area contributed by atoms with Gasteiger partial charge in [0.25, 0.3) is 0 Å². The van der Waals surface area contributed by atoms with E-state index in [4.69, 9.17) is 5.73 Å². The van der Waals surface area contributed by atoms with Crippen LogP contribution in [0.1, 0.15) is 37.8 Å². The van der Waals surface area contributed by atoms with E-state index < -0.39 is 0 Å². The Morgan fingerprint density at radius 2 is 2.11 bits per heavy atom. The first-order valence-electron chi connectivity index (χ1n) is 6.73. The number of para-hydroxylation sites is 1. The Bertz CT molecular complexity index is 401. The van der Waals surface area contributed by atoms with Crippen LogP contribution in [0.2, 0.25) is 0 Å². The van der Waals surface area contributed by atoms with Gasteiger partial charge in [0.2, 0.25) is 5.91 Å². The van der Waals surface area contributed by atoms with Gasteiger partial charge in [-0.2, -0.15) is 0 Å². The summed E-state index contributed by atoms with van der Waals surface area (Å²) in [4.78, 5) is 12.2. The lowest BCUT2D eigenvalue weighted by molar-refractivity contribution is -0.120. The number of anilines is 1. The minimum Gasteiger partial charge on any atom is -0.330 e. The molecule has 0 fully saturated rings. The van der Waals surface area contributed by atoms with E-state index in [9.17, 15) is 4.79 Å². The van der Waals surface area contributed by atoms with Crippen LogP contribution in [-0.2, 0) is 11.2 Å². The zero-order chi connectivity index (χ0) is 13.5. The first-order valence-corrected chi connectivity index (χ1v) is 6.73. The van der Waals surface area contributed by atoms with E-state index in [0.717, 1.165) is 30.5 Å². The second-order valence-corrected chi connectivity index (χ2v) is 4.63. The minimum absolute atomic E-state index is 0.0133. The number of nitrogens with one attached hydrogen (secondary N) is 1. The van der Waals surface area contributed by atoms with Crippen molar-refractivity contribution in [2.75, 3.05) is 11.9 Å². The van der Waals surface area contributed by atoms with Gasteiger partial charge in [0.05, 0.1) is 0 Å². The molecule has 1 rings (SSSR count). The van der Waals surface area contributed by atoms with E-state index >= 15 is 0 Å². The van der Waals surface area contributed by atoms with Gasteiger partial charge in [-0.15, -0.1) is 0 Å². The Kier molecular flexibility index (Phi) is 5.86. The zero-order valence-electron chi connectivity index (χ0n) is 11.6. The highest BCUT2D eigenvalue weighted by Crippen LogP contribution is 2.22. The molecule has 0 saturated carbocycles. The number of amides is 1. The van der Waals surface area contributed by atoms with Crippen molar-refractivity contribution in [1.29, 1.82) is 0 Å². The first-order chi connectivity index (χ1) is 8.63. The second kappa shape index (κ2) is 7.17. The SMILES string of the molecule is CCc1cccc(C)c1NC(=O)C(CC)CCN. The first kappa shape index (κ1) is 14.7. The van der Waals surface area contributed by atoms with Crippen molar-refractivity contribution in [3.63, 3.8) is 0 Å². The van der Waals surface area contributed by atoms with Crippen LogP contribution >= 0.6 is 0 Å². The van der Waals surface area contributed by atoms with Crippen molar-refractivity contribution in [2.45, 2.75) is 40.0 Å². The number of benzene rings is 1. The maximum atomic E-state index is 12.2. The molecular formula is C15H24N2O. The van der Waals surface area contributed by atoms with Crippen LogP contribution in [-0.4, -0.2) is 12.5 Å². The summed E-state index contributed by atoms with van der Waals surface area (Å²) < 4.78 is 0. The number of aryl methyl sites for hydroxylation is 2. The summed E-state index contributed by atoms with van der Waals surface area (Å²) in [7, 11) is 0. The smallest absolute Gasteiger partial charge is 0.227 e. The van der Waals surface area contributed by atoms with Crippen LogP contribution in [0.5, 0.6) is 0 Å². The summed E-state index contributed by atoms with van der Waals surface area (Å²) in [5.41, 5.74) is 8.82. The summed E-state index contributed by atoms with van der Waals surface area (Å²) in [5.74, 6) is 0.103. The van der Waals surface area contributed by atoms with E-state index in [1.54, 1.807) is 0 Å². The molecule has 1 unspecified atom stereocenters. The lowest BCUT2D eigenvalue weighted by Gasteiger charge is -2.17. The van der Waals surface area contributed by atoms with Gasteiger partial charge >= 0.3 is 0 Å². The van der Waals surface area contributed by atoms with Crippen molar-refractivity contribution in [3.8, 4) is 0 Å². The molecule has 0 radical (unpaired) electrons. The second-order valence-electron chi connectivity index (χ2n) is 4.63. The molecule has 0 aliphatic rings. The molecule has 18 heavy (non-hydrogen) atoms. The summed E-state index contributed by atoms with van der Waals surface area (Å²) in [6, 6.07) is 6.12. The highest BCUT2D eigenvalue weighted by atomic mass is 16.1. The maximum Gasteiger partial charge on any atom is 0.227 e. The third-order valence-electron chi connectivity index (χ3n) is 3.37. The summed E-state index contributed by atoms with van der Waals surface area (Å²) >= 11 is 0. The molecular weight excluding hydrogens is 224 g/mol. The average molecular weight is 248 g/mol. The Morgan fingerprint density at radius 1 is 1.39 bits per heavy atom. The molecule has 0 bridgehead atoms. The largest absolute Gasteiger partial charge is 0.330 e. The summed E-state index contributed by atoms with van der Waals surface area (Å²) in [5, 5.41) is 3.07. The van der Waals surface area contributed by atoms with Crippen LogP contribution in [0.25, 0.3) is 0 Å². The van der Waals surface area contributed by atoms with Crippen LogP contribution in [0.15, 0.2) is 18.2 Å². The fourth-order valence-electron chi connectivity index (χ4n) is 2.15. The van der Waals surface area contributed by atoms with Crippen LogP contribution in [0, 0.1) is 12.8 Å². The Morgan fingerprint density at radius 3 is 2.67 bits per heavy atom. The Balaban J connectivity index is 2.86. The molecule has 0 aliphatic carbocycles. The fourth-order valence-corrected chi connectivity index (χ4v) is 2.15. The normalized spacial score (nSPS) is 12.2. The number of hydrogen-bond acceptors (Lipinski definition) is 2. The fraction of sp³-hybridized carbons (Fsp3) is 0.533.